The van der Waals surface area contributed by atoms with Gasteiger partial charge >= 0.3 is 0 Å². The maximum absolute atomic E-state index is 13.5. The molecule has 1 heterocycles. The van der Waals surface area contributed by atoms with Crippen molar-refractivity contribution in [1.29, 1.82) is 0 Å². The zero-order valence-electron chi connectivity index (χ0n) is 8.73. The van der Waals surface area contributed by atoms with E-state index in [1.54, 1.807) is 7.05 Å². The van der Waals surface area contributed by atoms with Crippen LogP contribution in [-0.2, 0) is 7.05 Å². The number of aromatic nitrogens is 3. The van der Waals surface area contributed by atoms with Crippen molar-refractivity contribution < 1.29 is 13.9 Å². The van der Waals surface area contributed by atoms with E-state index in [2.05, 4.69) is 26.2 Å². The summed E-state index contributed by atoms with van der Waals surface area (Å²) in [7, 11) is 1.55. The molecule has 90 valence electrons. The van der Waals surface area contributed by atoms with E-state index in [9.17, 15) is 13.9 Å². The zero-order chi connectivity index (χ0) is 12.6. The molecule has 1 N–H and O–H groups in total. The van der Waals surface area contributed by atoms with Crippen molar-refractivity contribution in [2.75, 3.05) is 0 Å². The normalized spacial score (nSPS) is 12.8. The SMILES string of the molecule is Cn1nnc(Br)c1C(O)c1cccc(F)c1F. The van der Waals surface area contributed by atoms with Crippen LogP contribution in [0.25, 0.3) is 0 Å². The number of aliphatic hydroxyl groups excluding tert-OH is 1. The lowest BCUT2D eigenvalue weighted by molar-refractivity contribution is 0.202. The predicted molar refractivity (Wildman–Crippen MR) is 59.1 cm³/mol. The maximum Gasteiger partial charge on any atom is 0.165 e. The van der Waals surface area contributed by atoms with E-state index in [1.165, 1.54) is 16.8 Å². The molecule has 0 spiro atoms. The highest BCUT2D eigenvalue weighted by atomic mass is 79.9. The number of hydrogen-bond donors (Lipinski definition) is 1. The van der Waals surface area contributed by atoms with Gasteiger partial charge in [0.15, 0.2) is 16.2 Å². The van der Waals surface area contributed by atoms with Crippen LogP contribution in [0.2, 0.25) is 0 Å². The Hall–Kier alpha value is -1.34. The van der Waals surface area contributed by atoms with E-state index in [4.69, 9.17) is 0 Å². The molecule has 0 bridgehead atoms. The smallest absolute Gasteiger partial charge is 0.165 e. The lowest BCUT2D eigenvalue weighted by Crippen LogP contribution is -2.09. The first-order valence-electron chi connectivity index (χ1n) is 4.69. The molecule has 1 aromatic heterocycles. The van der Waals surface area contributed by atoms with Crippen LogP contribution >= 0.6 is 15.9 Å². The Bertz CT molecular complexity index is 539. The van der Waals surface area contributed by atoms with Crippen LogP contribution in [0.4, 0.5) is 8.78 Å². The van der Waals surface area contributed by atoms with Gasteiger partial charge in [-0.15, -0.1) is 5.10 Å². The summed E-state index contributed by atoms with van der Waals surface area (Å²) in [5, 5.41) is 17.3. The number of rotatable bonds is 2. The minimum absolute atomic E-state index is 0.156. The van der Waals surface area contributed by atoms with Crippen LogP contribution in [0.3, 0.4) is 0 Å². The van der Waals surface area contributed by atoms with Gasteiger partial charge in [-0.05, 0) is 22.0 Å². The van der Waals surface area contributed by atoms with E-state index in [0.29, 0.717) is 0 Å². The van der Waals surface area contributed by atoms with E-state index >= 15 is 0 Å². The highest BCUT2D eigenvalue weighted by Gasteiger charge is 2.23. The molecule has 0 amide bonds. The van der Waals surface area contributed by atoms with Crippen molar-refractivity contribution in [2.24, 2.45) is 7.05 Å². The highest BCUT2D eigenvalue weighted by molar-refractivity contribution is 9.10. The van der Waals surface area contributed by atoms with Crippen molar-refractivity contribution in [1.82, 2.24) is 15.0 Å². The Kier molecular flexibility index (Phi) is 3.21. The van der Waals surface area contributed by atoms with Crippen LogP contribution in [0.1, 0.15) is 17.4 Å². The summed E-state index contributed by atoms with van der Waals surface area (Å²) >= 11 is 3.09. The fourth-order valence-electron chi connectivity index (χ4n) is 1.51. The van der Waals surface area contributed by atoms with Gasteiger partial charge in [0, 0.05) is 12.6 Å². The summed E-state index contributed by atoms with van der Waals surface area (Å²) in [6, 6.07) is 3.62. The van der Waals surface area contributed by atoms with E-state index in [1.807, 2.05) is 0 Å². The highest BCUT2D eigenvalue weighted by Crippen LogP contribution is 2.28. The quantitative estimate of drug-likeness (QED) is 0.922. The third-order valence-corrected chi connectivity index (χ3v) is 2.93. The van der Waals surface area contributed by atoms with Gasteiger partial charge in [-0.3, -0.25) is 0 Å². The molecule has 17 heavy (non-hydrogen) atoms. The van der Waals surface area contributed by atoms with Gasteiger partial charge in [-0.2, -0.15) is 0 Å². The molecule has 0 radical (unpaired) electrons. The van der Waals surface area contributed by atoms with Crippen molar-refractivity contribution in [3.05, 3.63) is 45.7 Å². The third kappa shape index (κ3) is 2.07. The van der Waals surface area contributed by atoms with E-state index < -0.39 is 17.7 Å². The fourth-order valence-corrected chi connectivity index (χ4v) is 2.05. The van der Waals surface area contributed by atoms with Crippen molar-refractivity contribution in [3.63, 3.8) is 0 Å². The molecule has 0 aliphatic heterocycles. The van der Waals surface area contributed by atoms with E-state index in [-0.39, 0.29) is 15.9 Å². The number of aliphatic hydroxyl groups is 1. The van der Waals surface area contributed by atoms with E-state index in [0.717, 1.165) is 6.07 Å². The summed E-state index contributed by atoms with van der Waals surface area (Å²) < 4.78 is 28.1. The number of benzene rings is 1. The number of halogens is 3. The summed E-state index contributed by atoms with van der Waals surface area (Å²) in [6.45, 7) is 0. The van der Waals surface area contributed by atoms with Gasteiger partial charge in [0.05, 0.1) is 0 Å². The van der Waals surface area contributed by atoms with Crippen LogP contribution in [0.5, 0.6) is 0 Å². The molecule has 2 aromatic rings. The first-order valence-corrected chi connectivity index (χ1v) is 5.48. The third-order valence-electron chi connectivity index (χ3n) is 2.36. The van der Waals surface area contributed by atoms with Crippen LogP contribution < -0.4 is 0 Å². The van der Waals surface area contributed by atoms with Crippen molar-refractivity contribution >= 4 is 15.9 Å². The summed E-state index contributed by atoms with van der Waals surface area (Å²) in [4.78, 5) is 0. The molecule has 0 fully saturated rings. The van der Waals surface area contributed by atoms with Gasteiger partial charge in [0.1, 0.15) is 11.8 Å². The van der Waals surface area contributed by atoms with Gasteiger partial charge in [-0.25, -0.2) is 13.5 Å². The predicted octanol–water partition coefficient (Wildman–Crippen LogP) is 1.94. The number of aryl methyl sites for hydroxylation is 1. The van der Waals surface area contributed by atoms with Gasteiger partial charge in [0.25, 0.3) is 0 Å². The average Bonchev–Trinajstić information content (AvgIpc) is 2.62. The minimum atomic E-state index is -1.33. The molecule has 1 aromatic carbocycles. The molecule has 2 rings (SSSR count). The Morgan fingerprint density at radius 1 is 1.41 bits per heavy atom. The van der Waals surface area contributed by atoms with Gasteiger partial charge in [0.2, 0.25) is 0 Å². The maximum atomic E-state index is 13.5. The first-order chi connectivity index (χ1) is 8.02. The first kappa shape index (κ1) is 12.1. The number of hydrogen-bond acceptors (Lipinski definition) is 3. The second kappa shape index (κ2) is 4.50. The molecule has 1 atom stereocenters. The Morgan fingerprint density at radius 3 is 2.71 bits per heavy atom. The van der Waals surface area contributed by atoms with Crippen LogP contribution in [-0.4, -0.2) is 20.1 Å². The lowest BCUT2D eigenvalue weighted by Gasteiger charge is -2.12. The molecule has 0 saturated heterocycles. The summed E-state index contributed by atoms with van der Waals surface area (Å²) in [5.41, 5.74) is 0.102. The van der Waals surface area contributed by atoms with Crippen LogP contribution in [0.15, 0.2) is 22.8 Å². The molecule has 1 unspecified atom stereocenters. The largest absolute Gasteiger partial charge is 0.382 e. The number of nitrogens with zero attached hydrogens (tertiary/aromatic N) is 3. The second-order valence-electron chi connectivity index (χ2n) is 3.43. The molecular weight excluding hydrogens is 296 g/mol. The molecule has 0 aliphatic carbocycles. The Labute approximate surface area is 104 Å². The Morgan fingerprint density at radius 2 is 2.12 bits per heavy atom. The molecule has 7 heteroatoms. The monoisotopic (exact) mass is 303 g/mol. The molecule has 0 saturated carbocycles. The topological polar surface area (TPSA) is 50.9 Å². The van der Waals surface area contributed by atoms with Gasteiger partial charge in [-0.1, -0.05) is 17.3 Å². The molecular formula is C10H8BrF2N3O. The van der Waals surface area contributed by atoms with Crippen molar-refractivity contribution in [3.8, 4) is 0 Å². The second-order valence-corrected chi connectivity index (χ2v) is 4.19. The standard InChI is InChI=1S/C10H8BrF2N3O/c1-16-8(10(11)14-15-16)9(17)5-3-2-4-6(12)7(5)13/h2-4,9,17H,1H3. The van der Waals surface area contributed by atoms with Gasteiger partial charge < -0.3 is 5.11 Å². The summed E-state index contributed by atoms with van der Waals surface area (Å²) in [6.07, 6.45) is -1.33. The fraction of sp³-hybridized carbons (Fsp3) is 0.200. The zero-order valence-corrected chi connectivity index (χ0v) is 10.3. The van der Waals surface area contributed by atoms with Crippen LogP contribution in [0, 0.1) is 11.6 Å². The molecule has 0 aliphatic rings. The average molecular weight is 304 g/mol. The van der Waals surface area contributed by atoms with Crippen molar-refractivity contribution in [2.45, 2.75) is 6.10 Å². The summed E-state index contributed by atoms with van der Waals surface area (Å²) in [5.74, 6) is -2.08. The lowest BCUT2D eigenvalue weighted by atomic mass is 10.1. The molecule has 4 nitrogen and oxygen atoms in total. The minimum Gasteiger partial charge on any atom is -0.382 e. The Balaban J connectivity index is 2.51.